The molecule has 2 aromatic carbocycles. The minimum absolute atomic E-state index is 0.0317. The lowest BCUT2D eigenvalue weighted by molar-refractivity contribution is 0.0989. The molecule has 5 aromatic rings. The summed E-state index contributed by atoms with van der Waals surface area (Å²) in [5, 5.41) is 16.6. The Kier molecular flexibility index (Phi) is 4.54. The van der Waals surface area contributed by atoms with Gasteiger partial charge in [-0.2, -0.15) is 4.52 Å². The number of carbonyl (C=O) groups is 1. The lowest BCUT2D eigenvalue weighted by atomic mass is 10.1. The molecule has 0 bridgehead atoms. The van der Waals surface area contributed by atoms with Crippen molar-refractivity contribution in [2.24, 2.45) is 0 Å². The summed E-state index contributed by atoms with van der Waals surface area (Å²) in [6.45, 7) is 0.651. The molecule has 0 atom stereocenters. The molecule has 1 aliphatic rings. The molecule has 160 valence electrons. The molecule has 0 fully saturated rings. The molecule has 6 rings (SSSR count). The van der Waals surface area contributed by atoms with Crippen molar-refractivity contribution in [2.45, 2.75) is 6.42 Å². The fourth-order valence-corrected chi connectivity index (χ4v) is 4.11. The lowest BCUT2D eigenvalue weighted by Crippen LogP contribution is -2.28. The third-order valence-corrected chi connectivity index (χ3v) is 5.70. The smallest absolute Gasteiger partial charge is 0.259 e. The van der Waals surface area contributed by atoms with Gasteiger partial charge in [0, 0.05) is 35.9 Å². The summed E-state index contributed by atoms with van der Waals surface area (Å²) >= 11 is 0. The zero-order valence-electron chi connectivity index (χ0n) is 17.6. The van der Waals surface area contributed by atoms with E-state index in [-0.39, 0.29) is 5.91 Å². The van der Waals surface area contributed by atoms with E-state index in [0.717, 1.165) is 28.9 Å². The largest absolute Gasteiger partial charge is 0.339 e. The van der Waals surface area contributed by atoms with Crippen molar-refractivity contribution in [3.05, 3.63) is 96.3 Å². The first-order chi connectivity index (χ1) is 16.3. The van der Waals surface area contributed by atoms with E-state index in [2.05, 4.69) is 26.6 Å². The van der Waals surface area contributed by atoms with Crippen LogP contribution in [0.4, 0.5) is 17.2 Å². The van der Waals surface area contributed by atoms with Crippen LogP contribution >= 0.6 is 0 Å². The summed E-state index contributed by atoms with van der Waals surface area (Å²) < 4.78 is 1.74. The summed E-state index contributed by atoms with van der Waals surface area (Å²) in [5.41, 5.74) is 5.18. The quantitative estimate of drug-likeness (QED) is 0.458. The van der Waals surface area contributed by atoms with Crippen LogP contribution in [0.2, 0.25) is 0 Å². The highest BCUT2D eigenvalue weighted by molar-refractivity contribution is 6.07. The highest BCUT2D eigenvalue weighted by atomic mass is 16.2. The fourth-order valence-electron chi connectivity index (χ4n) is 4.11. The van der Waals surface area contributed by atoms with Gasteiger partial charge in [-0.15, -0.1) is 15.3 Å². The van der Waals surface area contributed by atoms with Gasteiger partial charge in [-0.05, 0) is 54.4 Å². The Labute approximate surface area is 189 Å². The van der Waals surface area contributed by atoms with Crippen molar-refractivity contribution in [1.82, 2.24) is 24.8 Å². The van der Waals surface area contributed by atoms with E-state index in [4.69, 9.17) is 5.10 Å². The summed E-state index contributed by atoms with van der Waals surface area (Å²) in [4.78, 5) is 18.8. The number of pyridine rings is 1. The van der Waals surface area contributed by atoms with Gasteiger partial charge in [-0.25, -0.2) is 0 Å². The number of rotatable bonds is 4. The van der Waals surface area contributed by atoms with Crippen molar-refractivity contribution in [3.63, 3.8) is 0 Å². The highest BCUT2D eigenvalue weighted by Crippen LogP contribution is 2.32. The molecular formula is C25H19N7O. The molecule has 0 saturated heterocycles. The summed E-state index contributed by atoms with van der Waals surface area (Å²) in [7, 11) is 0. The zero-order chi connectivity index (χ0) is 22.2. The standard InChI is InChI=1S/C25H19N7O/c33-25(19-7-4-13-26-16-19)31-14-12-18-15-20(8-9-21(18)31)27-22-10-11-23-28-29-24(32(23)30-22)17-5-2-1-3-6-17/h1-11,13,15-16H,12,14H2,(H,27,30). The number of fused-ring (bicyclic) bond motifs is 2. The van der Waals surface area contributed by atoms with Gasteiger partial charge in [-0.3, -0.25) is 9.78 Å². The molecule has 0 unspecified atom stereocenters. The zero-order valence-corrected chi connectivity index (χ0v) is 17.6. The van der Waals surface area contributed by atoms with E-state index < -0.39 is 0 Å². The monoisotopic (exact) mass is 433 g/mol. The van der Waals surface area contributed by atoms with E-state index in [1.54, 1.807) is 29.0 Å². The highest BCUT2D eigenvalue weighted by Gasteiger charge is 2.26. The maximum atomic E-state index is 12.9. The van der Waals surface area contributed by atoms with Gasteiger partial charge in [0.2, 0.25) is 0 Å². The van der Waals surface area contributed by atoms with E-state index >= 15 is 0 Å². The number of benzene rings is 2. The van der Waals surface area contributed by atoms with Crippen molar-refractivity contribution < 1.29 is 4.79 Å². The van der Waals surface area contributed by atoms with Gasteiger partial charge in [0.05, 0.1) is 5.56 Å². The van der Waals surface area contributed by atoms with E-state index in [0.29, 0.717) is 29.4 Å². The molecule has 4 heterocycles. The molecule has 8 nitrogen and oxygen atoms in total. The first-order valence-corrected chi connectivity index (χ1v) is 10.7. The summed E-state index contributed by atoms with van der Waals surface area (Å²) in [6.07, 6.45) is 4.07. The van der Waals surface area contributed by atoms with Crippen LogP contribution in [0.1, 0.15) is 15.9 Å². The van der Waals surface area contributed by atoms with Gasteiger partial charge in [-0.1, -0.05) is 30.3 Å². The van der Waals surface area contributed by atoms with Gasteiger partial charge < -0.3 is 10.2 Å². The van der Waals surface area contributed by atoms with E-state index in [9.17, 15) is 4.79 Å². The minimum atomic E-state index is -0.0317. The van der Waals surface area contributed by atoms with Crippen LogP contribution in [0.15, 0.2) is 85.2 Å². The molecule has 0 radical (unpaired) electrons. The van der Waals surface area contributed by atoms with Gasteiger partial charge >= 0.3 is 0 Å². The van der Waals surface area contributed by atoms with Gasteiger partial charge in [0.25, 0.3) is 5.91 Å². The maximum absolute atomic E-state index is 12.9. The SMILES string of the molecule is O=C(c1cccnc1)N1CCc2cc(Nc3ccc4nnc(-c5ccccc5)n4n3)ccc21. The van der Waals surface area contributed by atoms with Crippen molar-refractivity contribution in [1.29, 1.82) is 0 Å². The topological polar surface area (TPSA) is 88.3 Å². The van der Waals surface area contributed by atoms with Crippen molar-refractivity contribution in [3.8, 4) is 11.4 Å². The number of hydrogen-bond acceptors (Lipinski definition) is 6. The molecule has 0 spiro atoms. The molecule has 1 aliphatic heterocycles. The number of nitrogens with one attached hydrogen (secondary N) is 1. The Hall–Kier alpha value is -4.59. The maximum Gasteiger partial charge on any atom is 0.259 e. The number of anilines is 3. The Bertz CT molecular complexity index is 1460. The van der Waals surface area contributed by atoms with Crippen LogP contribution in [-0.2, 0) is 6.42 Å². The number of carbonyl (C=O) groups excluding carboxylic acids is 1. The number of hydrogen-bond donors (Lipinski definition) is 1. The Morgan fingerprint density at radius 1 is 0.939 bits per heavy atom. The average molecular weight is 433 g/mol. The second-order valence-corrected chi connectivity index (χ2v) is 7.80. The third-order valence-electron chi connectivity index (χ3n) is 5.70. The minimum Gasteiger partial charge on any atom is -0.339 e. The van der Waals surface area contributed by atoms with Crippen LogP contribution in [0.3, 0.4) is 0 Å². The molecule has 1 N–H and O–H groups in total. The van der Waals surface area contributed by atoms with Gasteiger partial charge in [0.15, 0.2) is 17.3 Å². The van der Waals surface area contributed by atoms with Crippen LogP contribution in [0.25, 0.3) is 17.0 Å². The fraction of sp³-hybridized carbons (Fsp3) is 0.0800. The van der Waals surface area contributed by atoms with Gasteiger partial charge in [0.1, 0.15) is 0 Å². The predicted molar refractivity (Wildman–Crippen MR) is 126 cm³/mol. The van der Waals surface area contributed by atoms with E-state index in [1.165, 1.54) is 0 Å². The molecule has 1 amide bonds. The Morgan fingerprint density at radius 3 is 2.70 bits per heavy atom. The van der Waals surface area contributed by atoms with E-state index in [1.807, 2.05) is 59.5 Å². The third kappa shape index (κ3) is 3.47. The van der Waals surface area contributed by atoms with Crippen molar-refractivity contribution in [2.75, 3.05) is 16.8 Å². The summed E-state index contributed by atoms with van der Waals surface area (Å²) in [5.74, 6) is 1.34. The molecule has 3 aromatic heterocycles. The first kappa shape index (κ1) is 19.1. The Balaban J connectivity index is 1.27. The average Bonchev–Trinajstić information content (AvgIpc) is 3.48. The Morgan fingerprint density at radius 2 is 1.85 bits per heavy atom. The molecule has 8 heteroatoms. The molecule has 0 saturated carbocycles. The molecular weight excluding hydrogens is 414 g/mol. The van der Waals surface area contributed by atoms with Crippen LogP contribution < -0.4 is 10.2 Å². The lowest BCUT2D eigenvalue weighted by Gasteiger charge is -2.17. The number of amides is 1. The first-order valence-electron chi connectivity index (χ1n) is 10.7. The number of nitrogens with zero attached hydrogens (tertiary/aromatic N) is 6. The number of aromatic nitrogens is 5. The normalized spacial score (nSPS) is 12.7. The van der Waals surface area contributed by atoms with Crippen molar-refractivity contribution >= 4 is 28.7 Å². The van der Waals surface area contributed by atoms with Crippen LogP contribution in [0, 0.1) is 0 Å². The molecule has 0 aliphatic carbocycles. The second kappa shape index (κ2) is 7.83. The molecule has 33 heavy (non-hydrogen) atoms. The summed E-state index contributed by atoms with van der Waals surface area (Å²) in [6, 6.07) is 23.2. The second-order valence-electron chi connectivity index (χ2n) is 7.80. The van der Waals surface area contributed by atoms with Crippen LogP contribution in [-0.4, -0.2) is 37.2 Å². The van der Waals surface area contributed by atoms with Crippen LogP contribution in [0.5, 0.6) is 0 Å². The predicted octanol–water partition coefficient (Wildman–Crippen LogP) is 4.13.